The van der Waals surface area contributed by atoms with Crippen molar-refractivity contribution in [1.82, 2.24) is 4.98 Å². The quantitative estimate of drug-likeness (QED) is 0.470. The summed E-state index contributed by atoms with van der Waals surface area (Å²) in [5, 5.41) is 4.06. The monoisotopic (exact) mass is 402 g/mol. The highest BCUT2D eigenvalue weighted by molar-refractivity contribution is 6.05. The number of benzene rings is 3. The first kappa shape index (κ1) is 19.4. The van der Waals surface area contributed by atoms with Gasteiger partial charge in [0.15, 0.2) is 11.5 Å². The first-order valence-corrected chi connectivity index (χ1v) is 9.42. The zero-order chi connectivity index (χ0) is 21.1. The van der Waals surface area contributed by atoms with Crippen molar-refractivity contribution in [3.05, 3.63) is 72.3 Å². The Morgan fingerprint density at radius 3 is 2.10 bits per heavy atom. The molecule has 2 N–H and O–H groups in total. The van der Waals surface area contributed by atoms with Crippen molar-refractivity contribution in [1.29, 1.82) is 0 Å². The second-order valence-electron chi connectivity index (χ2n) is 6.72. The van der Waals surface area contributed by atoms with Gasteiger partial charge in [0.05, 0.1) is 21.3 Å². The summed E-state index contributed by atoms with van der Waals surface area (Å²) >= 11 is 0. The molecule has 0 bridgehead atoms. The van der Waals surface area contributed by atoms with Gasteiger partial charge in [-0.3, -0.25) is 4.79 Å². The van der Waals surface area contributed by atoms with E-state index >= 15 is 0 Å². The Morgan fingerprint density at radius 1 is 0.833 bits per heavy atom. The van der Waals surface area contributed by atoms with Gasteiger partial charge < -0.3 is 24.5 Å². The molecule has 1 heterocycles. The maximum absolute atomic E-state index is 12.8. The lowest BCUT2D eigenvalue weighted by molar-refractivity contribution is 0.102. The van der Waals surface area contributed by atoms with Gasteiger partial charge in [0, 0.05) is 27.8 Å². The van der Waals surface area contributed by atoms with E-state index < -0.39 is 0 Å². The summed E-state index contributed by atoms with van der Waals surface area (Å²) in [7, 11) is 4.55. The maximum Gasteiger partial charge on any atom is 0.255 e. The first-order valence-electron chi connectivity index (χ1n) is 9.42. The highest BCUT2D eigenvalue weighted by Gasteiger charge is 2.17. The van der Waals surface area contributed by atoms with Crippen molar-refractivity contribution in [3.63, 3.8) is 0 Å². The minimum absolute atomic E-state index is 0.271. The molecular weight excluding hydrogens is 380 g/mol. The van der Waals surface area contributed by atoms with Crippen LogP contribution in [-0.4, -0.2) is 32.2 Å². The number of hydrogen-bond donors (Lipinski definition) is 2. The fourth-order valence-electron chi connectivity index (χ4n) is 3.38. The minimum atomic E-state index is -0.271. The molecule has 30 heavy (non-hydrogen) atoms. The summed E-state index contributed by atoms with van der Waals surface area (Å²) in [5.74, 6) is 1.03. The fraction of sp³-hybridized carbons (Fsp3) is 0.125. The van der Waals surface area contributed by atoms with E-state index in [1.807, 2.05) is 42.5 Å². The average molecular weight is 402 g/mol. The number of aromatic nitrogens is 1. The van der Waals surface area contributed by atoms with Gasteiger partial charge in [0.25, 0.3) is 5.91 Å². The first-order chi connectivity index (χ1) is 14.6. The highest BCUT2D eigenvalue weighted by Crippen LogP contribution is 2.38. The Morgan fingerprint density at radius 2 is 1.50 bits per heavy atom. The van der Waals surface area contributed by atoms with Crippen LogP contribution in [0, 0.1) is 0 Å². The smallest absolute Gasteiger partial charge is 0.255 e. The van der Waals surface area contributed by atoms with Gasteiger partial charge in [-0.05, 0) is 42.0 Å². The van der Waals surface area contributed by atoms with E-state index in [9.17, 15) is 4.79 Å². The fourth-order valence-corrected chi connectivity index (χ4v) is 3.38. The molecule has 6 nitrogen and oxygen atoms in total. The van der Waals surface area contributed by atoms with Crippen LogP contribution < -0.4 is 19.5 Å². The Hall–Kier alpha value is -3.93. The van der Waals surface area contributed by atoms with Crippen molar-refractivity contribution in [2.75, 3.05) is 26.6 Å². The highest BCUT2D eigenvalue weighted by atomic mass is 16.5. The van der Waals surface area contributed by atoms with E-state index in [2.05, 4.69) is 22.4 Å². The van der Waals surface area contributed by atoms with Gasteiger partial charge in [-0.15, -0.1) is 0 Å². The van der Waals surface area contributed by atoms with E-state index in [0.717, 1.165) is 22.2 Å². The van der Waals surface area contributed by atoms with Crippen molar-refractivity contribution < 1.29 is 19.0 Å². The minimum Gasteiger partial charge on any atom is -0.493 e. The number of H-pyrrole nitrogens is 1. The second-order valence-corrected chi connectivity index (χ2v) is 6.72. The van der Waals surface area contributed by atoms with Crippen LogP contribution in [0.3, 0.4) is 0 Å². The molecule has 1 amide bonds. The molecule has 3 aromatic carbocycles. The summed E-state index contributed by atoms with van der Waals surface area (Å²) in [5.41, 5.74) is 4.25. The number of fused-ring (bicyclic) bond motifs is 1. The number of rotatable bonds is 6. The topological polar surface area (TPSA) is 72.6 Å². The Balaban J connectivity index is 1.55. The lowest BCUT2D eigenvalue weighted by Crippen LogP contribution is -2.12. The van der Waals surface area contributed by atoms with Crippen LogP contribution in [0.15, 0.2) is 66.7 Å². The molecule has 0 aliphatic heterocycles. The van der Waals surface area contributed by atoms with E-state index in [1.54, 1.807) is 12.1 Å². The molecule has 0 aliphatic carbocycles. The molecule has 0 aliphatic rings. The van der Waals surface area contributed by atoms with E-state index in [0.29, 0.717) is 28.5 Å². The molecule has 0 saturated carbocycles. The molecule has 152 valence electrons. The largest absolute Gasteiger partial charge is 0.493 e. The van der Waals surface area contributed by atoms with Gasteiger partial charge in [-0.2, -0.15) is 0 Å². The number of ether oxygens (including phenoxy) is 3. The van der Waals surface area contributed by atoms with Crippen LogP contribution in [0.1, 0.15) is 10.4 Å². The van der Waals surface area contributed by atoms with Crippen LogP contribution in [0.4, 0.5) is 5.69 Å². The lowest BCUT2D eigenvalue weighted by atomic mass is 10.1. The third-order valence-electron chi connectivity index (χ3n) is 4.91. The number of amides is 1. The Kier molecular flexibility index (Phi) is 5.30. The van der Waals surface area contributed by atoms with Crippen LogP contribution in [0.2, 0.25) is 0 Å². The summed E-state index contributed by atoms with van der Waals surface area (Å²) in [6.07, 6.45) is 0. The number of nitrogens with one attached hydrogen (secondary N) is 2. The molecular formula is C24H22N2O4. The third kappa shape index (κ3) is 3.67. The summed E-state index contributed by atoms with van der Waals surface area (Å²) in [6, 6.07) is 21.2. The van der Waals surface area contributed by atoms with E-state index in [-0.39, 0.29) is 5.91 Å². The number of para-hydroxylation sites is 1. The van der Waals surface area contributed by atoms with Crippen LogP contribution in [-0.2, 0) is 0 Å². The summed E-state index contributed by atoms with van der Waals surface area (Å²) < 4.78 is 15.9. The van der Waals surface area contributed by atoms with Crippen LogP contribution in [0.5, 0.6) is 17.2 Å². The van der Waals surface area contributed by atoms with Gasteiger partial charge in [-0.25, -0.2) is 0 Å². The zero-order valence-electron chi connectivity index (χ0n) is 17.0. The van der Waals surface area contributed by atoms with Gasteiger partial charge in [-0.1, -0.05) is 30.3 Å². The number of anilines is 1. The predicted molar refractivity (Wildman–Crippen MR) is 118 cm³/mol. The molecule has 1 aromatic heterocycles. The third-order valence-corrected chi connectivity index (χ3v) is 4.91. The standard InChI is InChI=1S/C24H22N2O4/c1-28-21-13-17(14-22(29-2)23(21)30-3)24(27)25-18-10-8-15(9-11-18)20-12-16-6-4-5-7-19(16)26-20/h4-14,26H,1-3H3,(H,25,27). The Labute approximate surface area is 174 Å². The van der Waals surface area contributed by atoms with Gasteiger partial charge in [0.2, 0.25) is 5.75 Å². The number of methoxy groups -OCH3 is 3. The molecule has 4 aromatic rings. The maximum atomic E-state index is 12.8. The molecule has 6 heteroatoms. The zero-order valence-corrected chi connectivity index (χ0v) is 17.0. The van der Waals surface area contributed by atoms with Crippen molar-refractivity contribution in [2.24, 2.45) is 0 Å². The molecule has 0 spiro atoms. The average Bonchev–Trinajstić information content (AvgIpc) is 3.22. The molecule has 0 unspecified atom stereocenters. The summed E-state index contributed by atoms with van der Waals surface area (Å²) in [6.45, 7) is 0. The number of carbonyl (C=O) groups is 1. The lowest BCUT2D eigenvalue weighted by Gasteiger charge is -2.14. The SMILES string of the molecule is COc1cc(C(=O)Nc2ccc(-c3cc4ccccc4[nH]3)cc2)cc(OC)c1OC. The second kappa shape index (κ2) is 8.21. The van der Waals surface area contributed by atoms with Crippen molar-refractivity contribution in [3.8, 4) is 28.5 Å². The molecule has 0 saturated heterocycles. The molecule has 4 rings (SSSR count). The Bertz CT molecular complexity index is 1140. The van der Waals surface area contributed by atoms with Crippen molar-refractivity contribution >= 4 is 22.5 Å². The summed E-state index contributed by atoms with van der Waals surface area (Å²) in [4.78, 5) is 16.2. The normalized spacial score (nSPS) is 10.6. The number of hydrogen-bond acceptors (Lipinski definition) is 4. The van der Waals surface area contributed by atoms with E-state index in [4.69, 9.17) is 14.2 Å². The molecule has 0 atom stereocenters. The van der Waals surface area contributed by atoms with Crippen molar-refractivity contribution in [2.45, 2.75) is 0 Å². The predicted octanol–water partition coefficient (Wildman–Crippen LogP) is 5.11. The number of aromatic amines is 1. The van der Waals surface area contributed by atoms with E-state index in [1.165, 1.54) is 21.3 Å². The van der Waals surface area contributed by atoms with Gasteiger partial charge in [0.1, 0.15) is 0 Å². The number of carbonyl (C=O) groups excluding carboxylic acids is 1. The van der Waals surface area contributed by atoms with Gasteiger partial charge >= 0.3 is 0 Å². The van der Waals surface area contributed by atoms with Crippen LogP contribution in [0.25, 0.3) is 22.2 Å². The van der Waals surface area contributed by atoms with Crippen LogP contribution >= 0.6 is 0 Å². The molecule has 0 radical (unpaired) electrons. The molecule has 0 fully saturated rings.